The Bertz CT molecular complexity index is 629. The van der Waals surface area contributed by atoms with Crippen molar-refractivity contribution in [3.8, 4) is 0 Å². The third-order valence-electron chi connectivity index (χ3n) is 3.78. The number of hydrogen-bond acceptors (Lipinski definition) is 1. The van der Waals surface area contributed by atoms with E-state index in [0.717, 1.165) is 27.7 Å². The van der Waals surface area contributed by atoms with Crippen LogP contribution in [-0.2, 0) is 0 Å². The fraction of sp³-hybridized carbons (Fsp3) is 0.333. The number of nitrogens with one attached hydrogen (secondary N) is 1. The van der Waals surface area contributed by atoms with Crippen molar-refractivity contribution in [1.82, 2.24) is 5.32 Å². The molecule has 1 atom stereocenters. The highest BCUT2D eigenvalue weighted by atomic mass is 79.9. The molecule has 112 valence electrons. The summed E-state index contributed by atoms with van der Waals surface area (Å²) in [4.78, 5) is 0. The summed E-state index contributed by atoms with van der Waals surface area (Å²) in [6.07, 6.45) is 0. The highest BCUT2D eigenvalue weighted by Crippen LogP contribution is 2.31. The quantitative estimate of drug-likeness (QED) is 0.798. The van der Waals surface area contributed by atoms with Crippen molar-refractivity contribution in [2.24, 2.45) is 0 Å². The van der Waals surface area contributed by atoms with Gasteiger partial charge >= 0.3 is 0 Å². The van der Waals surface area contributed by atoms with Crippen LogP contribution in [0.25, 0.3) is 0 Å². The SMILES string of the molecule is CCNC(c1ccc(C)c(Br)c1)c1c(C)cc(F)cc1C. The van der Waals surface area contributed by atoms with Crippen molar-refractivity contribution in [3.63, 3.8) is 0 Å². The second-order valence-electron chi connectivity index (χ2n) is 5.45. The molecule has 0 aliphatic rings. The first-order chi connectivity index (χ1) is 9.93. The van der Waals surface area contributed by atoms with Gasteiger partial charge in [-0.05, 0) is 73.3 Å². The molecule has 1 nitrogen and oxygen atoms in total. The van der Waals surface area contributed by atoms with Crippen LogP contribution in [0.15, 0.2) is 34.8 Å². The molecule has 0 aromatic heterocycles. The van der Waals surface area contributed by atoms with Crippen LogP contribution >= 0.6 is 15.9 Å². The minimum absolute atomic E-state index is 0.0764. The van der Waals surface area contributed by atoms with Crippen LogP contribution < -0.4 is 5.32 Å². The molecule has 2 aromatic carbocycles. The normalized spacial score (nSPS) is 12.5. The Labute approximate surface area is 134 Å². The first-order valence-corrected chi connectivity index (χ1v) is 7.99. The first-order valence-electron chi connectivity index (χ1n) is 7.20. The molecule has 0 aliphatic carbocycles. The van der Waals surface area contributed by atoms with Gasteiger partial charge in [0.05, 0.1) is 6.04 Å². The molecule has 1 N–H and O–H groups in total. The van der Waals surface area contributed by atoms with Crippen molar-refractivity contribution in [1.29, 1.82) is 0 Å². The Balaban J connectivity index is 2.55. The molecule has 1 unspecified atom stereocenters. The zero-order chi connectivity index (χ0) is 15.6. The third-order valence-corrected chi connectivity index (χ3v) is 4.64. The Kier molecular flexibility index (Phi) is 5.17. The molecule has 0 amide bonds. The van der Waals surface area contributed by atoms with Crippen LogP contribution in [0.4, 0.5) is 4.39 Å². The Hall–Kier alpha value is -1.19. The van der Waals surface area contributed by atoms with Crippen LogP contribution in [0.2, 0.25) is 0 Å². The summed E-state index contributed by atoms with van der Waals surface area (Å²) in [6.45, 7) is 8.96. The molecule has 0 spiro atoms. The molecule has 0 saturated heterocycles. The topological polar surface area (TPSA) is 12.0 Å². The molecule has 0 saturated carbocycles. The van der Waals surface area contributed by atoms with E-state index < -0.39 is 0 Å². The Morgan fingerprint density at radius 3 is 2.19 bits per heavy atom. The lowest BCUT2D eigenvalue weighted by atomic mass is 9.90. The van der Waals surface area contributed by atoms with Gasteiger partial charge in [0.1, 0.15) is 5.82 Å². The van der Waals surface area contributed by atoms with Gasteiger partial charge in [0.15, 0.2) is 0 Å². The van der Waals surface area contributed by atoms with E-state index in [-0.39, 0.29) is 11.9 Å². The summed E-state index contributed by atoms with van der Waals surface area (Å²) >= 11 is 3.60. The van der Waals surface area contributed by atoms with Crippen molar-refractivity contribution in [3.05, 3.63) is 68.4 Å². The minimum Gasteiger partial charge on any atom is -0.307 e. The maximum atomic E-state index is 13.5. The van der Waals surface area contributed by atoms with Crippen LogP contribution in [0.5, 0.6) is 0 Å². The molecule has 0 aliphatic heterocycles. The zero-order valence-electron chi connectivity index (χ0n) is 12.9. The Morgan fingerprint density at radius 1 is 1.05 bits per heavy atom. The summed E-state index contributed by atoms with van der Waals surface area (Å²) in [5.41, 5.74) is 5.52. The lowest BCUT2D eigenvalue weighted by molar-refractivity contribution is 0.606. The van der Waals surface area contributed by atoms with Gasteiger partial charge in [0, 0.05) is 4.47 Å². The van der Waals surface area contributed by atoms with Crippen molar-refractivity contribution in [2.75, 3.05) is 6.54 Å². The molecule has 0 heterocycles. The molecule has 2 rings (SSSR count). The summed E-state index contributed by atoms with van der Waals surface area (Å²) in [6, 6.07) is 9.68. The number of rotatable bonds is 4. The van der Waals surface area contributed by atoms with Gasteiger partial charge in [0.25, 0.3) is 0 Å². The van der Waals surface area contributed by atoms with Crippen molar-refractivity contribution in [2.45, 2.75) is 33.7 Å². The fourth-order valence-corrected chi connectivity index (χ4v) is 3.15. The molecule has 0 fully saturated rings. The zero-order valence-corrected chi connectivity index (χ0v) is 14.5. The predicted molar refractivity (Wildman–Crippen MR) is 90.3 cm³/mol. The summed E-state index contributed by atoms with van der Waals surface area (Å²) in [5.74, 6) is -0.172. The van der Waals surface area contributed by atoms with Gasteiger partial charge in [-0.1, -0.05) is 35.0 Å². The van der Waals surface area contributed by atoms with Gasteiger partial charge in [-0.3, -0.25) is 0 Å². The van der Waals surface area contributed by atoms with Crippen LogP contribution in [0, 0.1) is 26.6 Å². The number of hydrogen-bond donors (Lipinski definition) is 1. The van der Waals surface area contributed by atoms with E-state index in [4.69, 9.17) is 0 Å². The minimum atomic E-state index is -0.172. The second kappa shape index (κ2) is 6.71. The number of halogens is 2. The fourth-order valence-electron chi connectivity index (χ4n) is 2.76. The van der Waals surface area contributed by atoms with E-state index >= 15 is 0 Å². The molecular formula is C18H21BrFN. The number of benzene rings is 2. The highest BCUT2D eigenvalue weighted by Gasteiger charge is 2.18. The average molecular weight is 350 g/mol. The van der Waals surface area contributed by atoms with Gasteiger partial charge in [-0.15, -0.1) is 0 Å². The van der Waals surface area contributed by atoms with Gasteiger partial charge in [-0.2, -0.15) is 0 Å². The molecule has 2 aromatic rings. The third kappa shape index (κ3) is 3.53. The maximum absolute atomic E-state index is 13.5. The lowest BCUT2D eigenvalue weighted by Crippen LogP contribution is -2.24. The van der Waals surface area contributed by atoms with E-state index in [1.807, 2.05) is 13.8 Å². The van der Waals surface area contributed by atoms with Gasteiger partial charge < -0.3 is 5.32 Å². The van der Waals surface area contributed by atoms with E-state index in [0.29, 0.717) is 0 Å². The maximum Gasteiger partial charge on any atom is 0.123 e. The van der Waals surface area contributed by atoms with E-state index in [1.54, 1.807) is 12.1 Å². The summed E-state index contributed by atoms with van der Waals surface area (Å²) < 4.78 is 14.6. The summed E-state index contributed by atoms with van der Waals surface area (Å²) in [5, 5.41) is 3.52. The van der Waals surface area contributed by atoms with E-state index in [2.05, 4.69) is 53.3 Å². The Morgan fingerprint density at radius 2 is 1.67 bits per heavy atom. The molecule has 3 heteroatoms. The van der Waals surface area contributed by atoms with Crippen molar-refractivity contribution < 1.29 is 4.39 Å². The second-order valence-corrected chi connectivity index (χ2v) is 6.31. The monoisotopic (exact) mass is 349 g/mol. The van der Waals surface area contributed by atoms with Gasteiger partial charge in [-0.25, -0.2) is 4.39 Å². The highest BCUT2D eigenvalue weighted by molar-refractivity contribution is 9.10. The molecule has 0 bridgehead atoms. The van der Waals surface area contributed by atoms with Crippen molar-refractivity contribution >= 4 is 15.9 Å². The first kappa shape index (κ1) is 16.2. The van der Waals surface area contributed by atoms with Gasteiger partial charge in [0.2, 0.25) is 0 Å². The van der Waals surface area contributed by atoms with E-state index in [1.165, 1.54) is 11.1 Å². The molecule has 0 radical (unpaired) electrons. The van der Waals surface area contributed by atoms with Crippen LogP contribution in [0.1, 0.15) is 40.8 Å². The largest absolute Gasteiger partial charge is 0.307 e. The smallest absolute Gasteiger partial charge is 0.123 e. The average Bonchev–Trinajstić information content (AvgIpc) is 2.40. The molecule has 21 heavy (non-hydrogen) atoms. The van der Waals surface area contributed by atoms with Crippen LogP contribution in [-0.4, -0.2) is 6.54 Å². The molecular weight excluding hydrogens is 329 g/mol. The standard InChI is InChI=1S/C18H21BrFN/c1-5-21-18(14-7-6-11(2)16(19)10-14)17-12(3)8-15(20)9-13(17)4/h6-10,18,21H,5H2,1-4H3. The lowest BCUT2D eigenvalue weighted by Gasteiger charge is -2.23. The predicted octanol–water partition coefficient (Wildman–Crippen LogP) is 5.21. The summed E-state index contributed by atoms with van der Waals surface area (Å²) in [7, 11) is 0. The number of aryl methyl sites for hydroxylation is 3. The van der Waals surface area contributed by atoms with E-state index in [9.17, 15) is 4.39 Å². The van der Waals surface area contributed by atoms with Crippen LogP contribution in [0.3, 0.4) is 0 Å².